The van der Waals surface area contributed by atoms with E-state index in [1.165, 1.54) is 6.92 Å². The molecule has 160 valence electrons. The van der Waals surface area contributed by atoms with Gasteiger partial charge in [-0.1, -0.05) is 0 Å². The summed E-state index contributed by atoms with van der Waals surface area (Å²) in [7, 11) is 0. The molecule has 2 aliphatic rings. The van der Waals surface area contributed by atoms with Gasteiger partial charge in [0.1, 0.15) is 48.8 Å². The van der Waals surface area contributed by atoms with Crippen molar-refractivity contribution < 1.29 is 59.8 Å². The minimum absolute atomic E-state index is 0.190. The molecule has 27 heavy (non-hydrogen) atoms. The van der Waals surface area contributed by atoms with E-state index < -0.39 is 80.7 Å². The Balaban J connectivity index is 2.08. The maximum atomic E-state index is 10.3. The lowest BCUT2D eigenvalue weighted by Crippen LogP contribution is -2.64. The van der Waals surface area contributed by atoms with Crippen molar-refractivity contribution in [2.45, 2.75) is 74.4 Å². The van der Waals surface area contributed by atoms with Gasteiger partial charge in [-0.25, -0.2) is 0 Å². The second-order valence-corrected chi connectivity index (χ2v) is 6.69. The zero-order valence-corrected chi connectivity index (χ0v) is 14.7. The van der Waals surface area contributed by atoms with E-state index in [0.29, 0.717) is 0 Å². The van der Waals surface area contributed by atoms with Crippen LogP contribution in [0.3, 0.4) is 0 Å². The van der Waals surface area contributed by atoms with E-state index in [1.807, 2.05) is 0 Å². The Morgan fingerprint density at radius 3 is 1.89 bits per heavy atom. The standard InChI is InChI=1S/C15H28O12/c1-5(18)4-24-14-12(23)10(21)13(7(3-17)26-14)27-15-11(22)9(20)8(19)6(2-16)25-15/h5-23H,2-4H2,1H3/t5?,6-,7-,8-,9+,10-,11-,12-,13-,14+,15-/m1/s1. The van der Waals surface area contributed by atoms with Gasteiger partial charge in [0.05, 0.1) is 25.9 Å². The molecule has 0 aliphatic carbocycles. The number of hydrogen-bond acceptors (Lipinski definition) is 12. The average molecular weight is 400 g/mol. The second kappa shape index (κ2) is 9.82. The van der Waals surface area contributed by atoms with Crippen molar-refractivity contribution in [2.75, 3.05) is 19.8 Å². The summed E-state index contributed by atoms with van der Waals surface area (Å²) in [5.41, 5.74) is 0. The summed E-state index contributed by atoms with van der Waals surface area (Å²) in [5.74, 6) is 0. The van der Waals surface area contributed by atoms with E-state index in [-0.39, 0.29) is 6.61 Å². The molecular weight excluding hydrogens is 372 g/mol. The van der Waals surface area contributed by atoms with Crippen molar-refractivity contribution >= 4 is 0 Å². The zero-order valence-electron chi connectivity index (χ0n) is 14.7. The van der Waals surface area contributed by atoms with Crippen molar-refractivity contribution in [3.05, 3.63) is 0 Å². The number of aliphatic hydroxyl groups excluding tert-OH is 8. The Hall–Kier alpha value is -0.480. The first-order chi connectivity index (χ1) is 12.7. The molecule has 0 amide bonds. The molecule has 0 saturated carbocycles. The summed E-state index contributed by atoms with van der Waals surface area (Å²) in [4.78, 5) is 0. The Bertz CT molecular complexity index is 447. The quantitative estimate of drug-likeness (QED) is 0.203. The SMILES string of the molecule is CC(O)CO[C@H]1O[C@H](CO)[C@@H](O[C@H]2O[C@H](CO)[C@@H](O)[C@H](O)[C@H]2O)[C@H](O)[C@H]1O. The van der Waals surface area contributed by atoms with Crippen molar-refractivity contribution in [2.24, 2.45) is 0 Å². The molecule has 0 bridgehead atoms. The van der Waals surface area contributed by atoms with Crippen LogP contribution >= 0.6 is 0 Å². The second-order valence-electron chi connectivity index (χ2n) is 6.69. The van der Waals surface area contributed by atoms with Crippen LogP contribution in [0.25, 0.3) is 0 Å². The van der Waals surface area contributed by atoms with Crippen LogP contribution in [-0.2, 0) is 18.9 Å². The lowest BCUT2D eigenvalue weighted by molar-refractivity contribution is -0.360. The monoisotopic (exact) mass is 400 g/mol. The lowest BCUT2D eigenvalue weighted by Gasteiger charge is -2.46. The van der Waals surface area contributed by atoms with Crippen LogP contribution in [0.15, 0.2) is 0 Å². The Kier molecular flexibility index (Phi) is 8.30. The molecule has 2 heterocycles. The minimum Gasteiger partial charge on any atom is -0.394 e. The van der Waals surface area contributed by atoms with Crippen LogP contribution < -0.4 is 0 Å². The van der Waals surface area contributed by atoms with Crippen LogP contribution in [0.5, 0.6) is 0 Å². The van der Waals surface area contributed by atoms with Crippen LogP contribution in [-0.4, -0.2) is 128 Å². The summed E-state index contributed by atoms with van der Waals surface area (Å²) in [6, 6.07) is 0. The maximum absolute atomic E-state index is 10.3. The van der Waals surface area contributed by atoms with Gasteiger partial charge in [-0.3, -0.25) is 0 Å². The van der Waals surface area contributed by atoms with Crippen LogP contribution in [0, 0.1) is 0 Å². The molecule has 1 unspecified atom stereocenters. The highest BCUT2D eigenvalue weighted by molar-refractivity contribution is 4.94. The van der Waals surface area contributed by atoms with Gasteiger partial charge in [-0.2, -0.15) is 0 Å². The first-order valence-electron chi connectivity index (χ1n) is 8.59. The number of rotatable bonds is 7. The highest BCUT2D eigenvalue weighted by Crippen LogP contribution is 2.29. The molecule has 12 heteroatoms. The lowest BCUT2D eigenvalue weighted by atomic mass is 9.97. The zero-order chi connectivity index (χ0) is 20.3. The summed E-state index contributed by atoms with van der Waals surface area (Å²) in [6.07, 6.45) is -15.9. The van der Waals surface area contributed by atoms with Crippen molar-refractivity contribution in [1.29, 1.82) is 0 Å². The third kappa shape index (κ3) is 5.12. The fourth-order valence-corrected chi connectivity index (χ4v) is 2.93. The van der Waals surface area contributed by atoms with Crippen molar-refractivity contribution in [3.8, 4) is 0 Å². The Morgan fingerprint density at radius 2 is 1.33 bits per heavy atom. The van der Waals surface area contributed by atoms with Gasteiger partial charge in [0, 0.05) is 0 Å². The normalized spacial score (nSPS) is 47.0. The summed E-state index contributed by atoms with van der Waals surface area (Å²) >= 11 is 0. The third-order valence-electron chi connectivity index (χ3n) is 4.46. The van der Waals surface area contributed by atoms with Gasteiger partial charge in [0.15, 0.2) is 12.6 Å². The Morgan fingerprint density at radius 1 is 0.778 bits per heavy atom. The van der Waals surface area contributed by atoms with Crippen LogP contribution in [0.4, 0.5) is 0 Å². The molecule has 0 aromatic heterocycles. The topological polar surface area (TPSA) is 199 Å². The molecule has 11 atom stereocenters. The van der Waals surface area contributed by atoms with Gasteiger partial charge in [-0.15, -0.1) is 0 Å². The van der Waals surface area contributed by atoms with Gasteiger partial charge in [0.2, 0.25) is 0 Å². The summed E-state index contributed by atoms with van der Waals surface area (Å²) in [5, 5.41) is 78.0. The molecule has 2 aliphatic heterocycles. The molecular formula is C15H28O12. The fraction of sp³-hybridized carbons (Fsp3) is 1.00. The molecule has 2 fully saturated rings. The molecule has 2 saturated heterocycles. The summed E-state index contributed by atoms with van der Waals surface area (Å²) < 4.78 is 21.1. The van der Waals surface area contributed by atoms with Gasteiger partial charge in [-0.05, 0) is 6.92 Å². The first kappa shape index (κ1) is 22.8. The maximum Gasteiger partial charge on any atom is 0.187 e. The highest BCUT2D eigenvalue weighted by atomic mass is 16.7. The predicted molar refractivity (Wildman–Crippen MR) is 84.0 cm³/mol. The van der Waals surface area contributed by atoms with E-state index in [1.54, 1.807) is 0 Å². The van der Waals surface area contributed by atoms with E-state index >= 15 is 0 Å². The van der Waals surface area contributed by atoms with E-state index in [0.717, 1.165) is 0 Å². The van der Waals surface area contributed by atoms with E-state index in [9.17, 15) is 40.9 Å². The number of ether oxygens (including phenoxy) is 4. The van der Waals surface area contributed by atoms with E-state index in [4.69, 9.17) is 18.9 Å². The molecule has 12 nitrogen and oxygen atoms in total. The number of hydrogen-bond donors (Lipinski definition) is 8. The van der Waals surface area contributed by atoms with E-state index in [2.05, 4.69) is 0 Å². The predicted octanol–water partition coefficient (Wildman–Crippen LogP) is -4.99. The molecule has 2 rings (SSSR count). The Labute approximate surface area is 155 Å². The van der Waals surface area contributed by atoms with Gasteiger partial charge < -0.3 is 59.8 Å². The minimum atomic E-state index is -1.73. The van der Waals surface area contributed by atoms with Gasteiger partial charge >= 0.3 is 0 Å². The average Bonchev–Trinajstić information content (AvgIpc) is 2.64. The van der Waals surface area contributed by atoms with Crippen LogP contribution in [0.2, 0.25) is 0 Å². The molecule has 0 radical (unpaired) electrons. The van der Waals surface area contributed by atoms with Gasteiger partial charge in [0.25, 0.3) is 0 Å². The largest absolute Gasteiger partial charge is 0.394 e. The third-order valence-corrected chi connectivity index (χ3v) is 4.46. The summed E-state index contributed by atoms with van der Waals surface area (Å²) in [6.45, 7) is -0.0682. The number of aliphatic hydroxyl groups is 8. The molecule has 0 aromatic rings. The molecule has 8 N–H and O–H groups in total. The smallest absolute Gasteiger partial charge is 0.187 e. The molecule has 0 spiro atoms. The van der Waals surface area contributed by atoms with Crippen LogP contribution in [0.1, 0.15) is 6.92 Å². The van der Waals surface area contributed by atoms with Crippen molar-refractivity contribution in [1.82, 2.24) is 0 Å². The van der Waals surface area contributed by atoms with Crippen molar-refractivity contribution in [3.63, 3.8) is 0 Å². The fourth-order valence-electron chi connectivity index (χ4n) is 2.93. The highest BCUT2D eigenvalue weighted by Gasteiger charge is 2.50. The first-order valence-corrected chi connectivity index (χ1v) is 8.59. The molecule has 0 aromatic carbocycles.